The molecule has 0 saturated heterocycles. The van der Waals surface area contributed by atoms with E-state index in [1.54, 1.807) is 0 Å². The molecule has 0 radical (unpaired) electrons. The molecule has 1 heterocycles. The monoisotopic (exact) mass is 264 g/mol. The van der Waals surface area contributed by atoms with Gasteiger partial charge in [0.25, 0.3) is 0 Å². The maximum atomic E-state index is 4.57. The molecule has 0 atom stereocenters. The molecule has 0 aliphatic carbocycles. The van der Waals surface area contributed by atoms with Gasteiger partial charge in [0.2, 0.25) is 0 Å². The second kappa shape index (κ2) is 4.78. The quantitative estimate of drug-likeness (QED) is 0.670. The Balaban J connectivity index is 2.22. The van der Waals surface area contributed by atoms with E-state index in [9.17, 15) is 0 Å². The molecule has 2 nitrogen and oxygen atoms in total. The van der Waals surface area contributed by atoms with Gasteiger partial charge in [0.15, 0.2) is 0 Å². The SMILES string of the molecule is CCc1cc(-c2ccc(C)c(C)c2)cc2cn(C)nc12. The third-order valence-electron chi connectivity index (χ3n) is 4.02. The lowest BCUT2D eigenvalue weighted by Gasteiger charge is -2.08. The van der Waals surface area contributed by atoms with Crippen molar-refractivity contribution in [3.63, 3.8) is 0 Å². The number of hydrogen-bond donors (Lipinski definition) is 0. The molecule has 0 bridgehead atoms. The number of aryl methyl sites for hydroxylation is 4. The minimum absolute atomic E-state index is 1.01. The molecule has 0 aliphatic heterocycles. The Hall–Kier alpha value is -2.09. The maximum absolute atomic E-state index is 4.57. The van der Waals surface area contributed by atoms with E-state index in [0.717, 1.165) is 11.9 Å². The Morgan fingerprint density at radius 1 is 1.00 bits per heavy atom. The third kappa shape index (κ3) is 2.11. The van der Waals surface area contributed by atoms with Crippen molar-refractivity contribution in [1.82, 2.24) is 9.78 Å². The summed E-state index contributed by atoms with van der Waals surface area (Å²) in [4.78, 5) is 0. The molecule has 0 unspecified atom stereocenters. The normalized spacial score (nSPS) is 11.2. The number of fused-ring (bicyclic) bond motifs is 1. The Morgan fingerprint density at radius 3 is 2.50 bits per heavy atom. The van der Waals surface area contributed by atoms with Crippen molar-refractivity contribution < 1.29 is 0 Å². The van der Waals surface area contributed by atoms with E-state index in [1.165, 1.54) is 33.2 Å². The van der Waals surface area contributed by atoms with Crippen molar-refractivity contribution in [1.29, 1.82) is 0 Å². The summed E-state index contributed by atoms with van der Waals surface area (Å²) in [6, 6.07) is 11.2. The van der Waals surface area contributed by atoms with Gasteiger partial charge in [-0.15, -0.1) is 0 Å². The minimum atomic E-state index is 1.01. The summed E-state index contributed by atoms with van der Waals surface area (Å²) < 4.78 is 1.90. The fourth-order valence-corrected chi connectivity index (χ4v) is 2.68. The summed E-state index contributed by atoms with van der Waals surface area (Å²) in [7, 11) is 1.98. The number of hydrogen-bond acceptors (Lipinski definition) is 1. The molecule has 0 fully saturated rings. The van der Waals surface area contributed by atoms with Gasteiger partial charge < -0.3 is 0 Å². The Labute approximate surface area is 120 Å². The topological polar surface area (TPSA) is 17.8 Å². The second-order valence-corrected chi connectivity index (χ2v) is 5.53. The van der Waals surface area contributed by atoms with Crippen molar-refractivity contribution in [2.24, 2.45) is 7.05 Å². The highest BCUT2D eigenvalue weighted by molar-refractivity contribution is 5.87. The molecule has 102 valence electrons. The first-order valence-electron chi connectivity index (χ1n) is 7.12. The summed E-state index contributed by atoms with van der Waals surface area (Å²) in [5.74, 6) is 0. The molecule has 20 heavy (non-hydrogen) atoms. The van der Waals surface area contributed by atoms with E-state index in [-0.39, 0.29) is 0 Å². The average molecular weight is 264 g/mol. The number of aromatic nitrogens is 2. The summed E-state index contributed by atoms with van der Waals surface area (Å²) in [5.41, 5.74) is 7.69. The summed E-state index contributed by atoms with van der Waals surface area (Å²) in [6.45, 7) is 6.51. The Bertz CT molecular complexity index is 781. The number of nitrogens with zero attached hydrogens (tertiary/aromatic N) is 2. The predicted octanol–water partition coefficient (Wildman–Crippen LogP) is 4.42. The van der Waals surface area contributed by atoms with Crippen molar-refractivity contribution in [3.8, 4) is 11.1 Å². The lowest BCUT2D eigenvalue weighted by molar-refractivity contribution is 0.778. The van der Waals surface area contributed by atoms with Crippen LogP contribution in [0, 0.1) is 13.8 Å². The van der Waals surface area contributed by atoms with Crippen molar-refractivity contribution in [2.75, 3.05) is 0 Å². The van der Waals surface area contributed by atoms with Crippen LogP contribution in [-0.4, -0.2) is 9.78 Å². The first-order valence-corrected chi connectivity index (χ1v) is 7.12. The first kappa shape index (κ1) is 12.9. The van der Waals surface area contributed by atoms with Gasteiger partial charge in [-0.2, -0.15) is 5.10 Å². The highest BCUT2D eigenvalue weighted by Gasteiger charge is 2.08. The predicted molar refractivity (Wildman–Crippen MR) is 85.0 cm³/mol. The first-order chi connectivity index (χ1) is 9.58. The lowest BCUT2D eigenvalue weighted by Crippen LogP contribution is -1.89. The fraction of sp³-hybridized carbons (Fsp3) is 0.278. The number of benzene rings is 2. The number of rotatable bonds is 2. The summed E-state index contributed by atoms with van der Waals surface area (Å²) in [6.07, 6.45) is 3.10. The second-order valence-electron chi connectivity index (χ2n) is 5.53. The zero-order chi connectivity index (χ0) is 14.3. The van der Waals surface area contributed by atoms with Crippen LogP contribution in [0.4, 0.5) is 0 Å². The van der Waals surface area contributed by atoms with E-state index < -0.39 is 0 Å². The molecule has 2 heteroatoms. The van der Waals surface area contributed by atoms with Crippen LogP contribution in [0.15, 0.2) is 36.5 Å². The Morgan fingerprint density at radius 2 is 1.80 bits per heavy atom. The van der Waals surface area contributed by atoms with Crippen LogP contribution in [0.5, 0.6) is 0 Å². The molecule has 0 amide bonds. The average Bonchev–Trinajstić information content (AvgIpc) is 2.80. The molecule has 0 saturated carbocycles. The van der Waals surface area contributed by atoms with Crippen LogP contribution < -0.4 is 0 Å². The molecule has 3 rings (SSSR count). The van der Waals surface area contributed by atoms with Crippen molar-refractivity contribution >= 4 is 10.9 Å². The van der Waals surface area contributed by atoms with Crippen LogP contribution >= 0.6 is 0 Å². The fourth-order valence-electron chi connectivity index (χ4n) is 2.68. The largest absolute Gasteiger partial charge is 0.275 e. The van der Waals surface area contributed by atoms with Crippen LogP contribution in [0.3, 0.4) is 0 Å². The molecule has 1 aromatic heterocycles. The molecule has 0 spiro atoms. The van der Waals surface area contributed by atoms with Gasteiger partial charge in [0.1, 0.15) is 0 Å². The minimum Gasteiger partial charge on any atom is -0.275 e. The highest BCUT2D eigenvalue weighted by Crippen LogP contribution is 2.28. The molecule has 2 aromatic carbocycles. The van der Waals surface area contributed by atoms with Crippen LogP contribution in [0.2, 0.25) is 0 Å². The van der Waals surface area contributed by atoms with Crippen molar-refractivity contribution in [3.05, 3.63) is 53.2 Å². The molecule has 0 aliphatic rings. The third-order valence-corrected chi connectivity index (χ3v) is 4.02. The zero-order valence-corrected chi connectivity index (χ0v) is 12.6. The van der Waals surface area contributed by atoms with E-state index in [0.29, 0.717) is 0 Å². The van der Waals surface area contributed by atoms with Gasteiger partial charge in [-0.1, -0.05) is 25.1 Å². The maximum Gasteiger partial charge on any atom is 0.0955 e. The Kier molecular flexibility index (Phi) is 3.09. The van der Waals surface area contributed by atoms with E-state index in [1.807, 2.05) is 11.7 Å². The van der Waals surface area contributed by atoms with Crippen LogP contribution in [0.25, 0.3) is 22.0 Å². The van der Waals surface area contributed by atoms with Gasteiger partial charge in [-0.25, -0.2) is 0 Å². The molecular weight excluding hydrogens is 244 g/mol. The van der Waals surface area contributed by atoms with Gasteiger partial charge in [-0.05, 0) is 60.2 Å². The summed E-state index contributed by atoms with van der Waals surface area (Å²) >= 11 is 0. The van der Waals surface area contributed by atoms with E-state index in [4.69, 9.17) is 0 Å². The smallest absolute Gasteiger partial charge is 0.0955 e. The van der Waals surface area contributed by atoms with Crippen LogP contribution in [-0.2, 0) is 13.5 Å². The standard InChI is InChI=1S/C18H20N2/c1-5-14-9-16(10-17-11-20(4)19-18(14)17)15-7-6-12(2)13(3)8-15/h6-11H,5H2,1-4H3. The molecular formula is C18H20N2. The zero-order valence-electron chi connectivity index (χ0n) is 12.6. The lowest BCUT2D eigenvalue weighted by atomic mass is 9.97. The van der Waals surface area contributed by atoms with E-state index in [2.05, 4.69) is 62.4 Å². The highest BCUT2D eigenvalue weighted by atomic mass is 15.2. The van der Waals surface area contributed by atoms with Gasteiger partial charge >= 0.3 is 0 Å². The van der Waals surface area contributed by atoms with E-state index >= 15 is 0 Å². The van der Waals surface area contributed by atoms with Gasteiger partial charge in [0, 0.05) is 18.6 Å². The van der Waals surface area contributed by atoms with Crippen LogP contribution in [0.1, 0.15) is 23.6 Å². The molecule has 0 N–H and O–H groups in total. The van der Waals surface area contributed by atoms with Gasteiger partial charge in [0.05, 0.1) is 5.52 Å². The molecule has 3 aromatic rings. The van der Waals surface area contributed by atoms with Crippen molar-refractivity contribution in [2.45, 2.75) is 27.2 Å². The van der Waals surface area contributed by atoms with Gasteiger partial charge in [-0.3, -0.25) is 4.68 Å². The summed E-state index contributed by atoms with van der Waals surface area (Å²) in [5, 5.41) is 5.79.